The van der Waals surface area contributed by atoms with Gasteiger partial charge in [0.2, 0.25) is 0 Å². The largest absolute Gasteiger partial charge is 0.366 e. The zero-order chi connectivity index (χ0) is 18.4. The molecule has 2 heterocycles. The lowest BCUT2D eigenvalue weighted by Gasteiger charge is -2.54. The van der Waals surface area contributed by atoms with Crippen molar-refractivity contribution < 1.29 is 9.53 Å². The number of halogens is 1. The standard InChI is InChI=1S/C21H28BrN3O2/c22-20-15(2-1-3-23-20)11-25-4-5-27-18(12-25)21(26)24-19-16-7-13-6-14(9-16)10-17(19)8-13/h1-3,13-14,16-19H,4-12H2,(H,24,26). The Morgan fingerprint density at radius 2 is 1.96 bits per heavy atom. The Morgan fingerprint density at radius 3 is 2.67 bits per heavy atom. The molecule has 27 heavy (non-hydrogen) atoms. The van der Waals surface area contributed by atoms with Gasteiger partial charge in [0.25, 0.3) is 5.91 Å². The summed E-state index contributed by atoms with van der Waals surface area (Å²) in [6, 6.07) is 4.42. The third kappa shape index (κ3) is 3.68. The van der Waals surface area contributed by atoms with Crippen molar-refractivity contribution in [3.63, 3.8) is 0 Å². The maximum absolute atomic E-state index is 13.0. The molecule has 6 rings (SSSR count). The number of rotatable bonds is 4. The van der Waals surface area contributed by atoms with Crippen molar-refractivity contribution in [2.24, 2.45) is 23.7 Å². The van der Waals surface area contributed by atoms with Crippen LogP contribution in [0.2, 0.25) is 0 Å². The van der Waals surface area contributed by atoms with E-state index in [0.717, 1.165) is 35.1 Å². The smallest absolute Gasteiger partial charge is 0.250 e. The third-order valence-corrected chi connectivity index (χ3v) is 7.92. The number of aromatic nitrogens is 1. The molecular weight excluding hydrogens is 406 g/mol. The number of hydrogen-bond donors (Lipinski definition) is 1. The monoisotopic (exact) mass is 433 g/mol. The van der Waals surface area contributed by atoms with E-state index in [0.29, 0.717) is 31.0 Å². The van der Waals surface area contributed by atoms with Crippen LogP contribution >= 0.6 is 15.9 Å². The summed E-state index contributed by atoms with van der Waals surface area (Å²) in [5.74, 6) is 3.37. The lowest BCUT2D eigenvalue weighted by molar-refractivity contribution is -0.142. The molecule has 1 N–H and O–H groups in total. The molecule has 1 aromatic rings. The predicted octanol–water partition coefficient (Wildman–Crippen LogP) is 2.99. The molecule has 0 spiro atoms. The van der Waals surface area contributed by atoms with Crippen LogP contribution in [0.3, 0.4) is 0 Å². The van der Waals surface area contributed by atoms with E-state index in [2.05, 4.69) is 37.2 Å². The average Bonchev–Trinajstić information content (AvgIpc) is 2.66. The number of nitrogens with zero attached hydrogens (tertiary/aromatic N) is 2. The van der Waals surface area contributed by atoms with E-state index in [1.54, 1.807) is 6.20 Å². The van der Waals surface area contributed by atoms with E-state index in [9.17, 15) is 4.79 Å². The van der Waals surface area contributed by atoms with Crippen LogP contribution in [0.1, 0.15) is 37.7 Å². The molecular formula is C21H28BrN3O2. The second kappa shape index (κ2) is 7.45. The van der Waals surface area contributed by atoms with E-state index < -0.39 is 0 Å². The van der Waals surface area contributed by atoms with Gasteiger partial charge in [-0.25, -0.2) is 4.98 Å². The fraction of sp³-hybridized carbons (Fsp3) is 0.714. The zero-order valence-electron chi connectivity index (χ0n) is 15.6. The lowest BCUT2D eigenvalue weighted by Crippen LogP contribution is -2.59. The van der Waals surface area contributed by atoms with Gasteiger partial charge in [-0.2, -0.15) is 0 Å². The summed E-state index contributed by atoms with van der Waals surface area (Å²) in [7, 11) is 0. The van der Waals surface area contributed by atoms with E-state index >= 15 is 0 Å². The number of ether oxygens (including phenoxy) is 1. The molecule has 1 saturated heterocycles. The van der Waals surface area contributed by atoms with Crippen LogP contribution in [-0.4, -0.2) is 47.6 Å². The van der Waals surface area contributed by atoms with Crippen molar-refractivity contribution in [3.05, 3.63) is 28.5 Å². The summed E-state index contributed by atoms with van der Waals surface area (Å²) < 4.78 is 6.73. The van der Waals surface area contributed by atoms with E-state index in [4.69, 9.17) is 4.74 Å². The summed E-state index contributed by atoms with van der Waals surface area (Å²) in [6.45, 7) is 2.90. The third-order valence-electron chi connectivity index (χ3n) is 7.21. The Balaban J connectivity index is 1.20. The molecule has 1 aromatic heterocycles. The summed E-state index contributed by atoms with van der Waals surface area (Å²) in [5.41, 5.74) is 1.15. The molecule has 5 aliphatic rings. The van der Waals surface area contributed by atoms with Gasteiger partial charge in [0.15, 0.2) is 0 Å². The predicted molar refractivity (Wildman–Crippen MR) is 106 cm³/mol. The van der Waals surface area contributed by atoms with Gasteiger partial charge in [-0.15, -0.1) is 0 Å². The summed E-state index contributed by atoms with van der Waals surface area (Å²) in [4.78, 5) is 19.6. The molecule has 1 unspecified atom stereocenters. The van der Waals surface area contributed by atoms with Gasteiger partial charge in [-0.1, -0.05) is 6.07 Å². The van der Waals surface area contributed by atoms with Crippen LogP contribution in [-0.2, 0) is 16.1 Å². The highest BCUT2D eigenvalue weighted by molar-refractivity contribution is 9.10. The number of carbonyl (C=O) groups excluding carboxylic acids is 1. The molecule has 0 radical (unpaired) electrons. The number of hydrogen-bond acceptors (Lipinski definition) is 4. The van der Waals surface area contributed by atoms with Crippen LogP contribution in [0, 0.1) is 23.7 Å². The molecule has 1 amide bonds. The van der Waals surface area contributed by atoms with Crippen LogP contribution in [0.15, 0.2) is 22.9 Å². The first-order valence-electron chi connectivity index (χ1n) is 10.4. The maximum atomic E-state index is 13.0. The fourth-order valence-electron chi connectivity index (χ4n) is 6.20. The summed E-state index contributed by atoms with van der Waals surface area (Å²) in [5, 5.41) is 3.42. The maximum Gasteiger partial charge on any atom is 0.250 e. The molecule has 1 atom stereocenters. The van der Waals surface area contributed by atoms with Crippen LogP contribution in [0.4, 0.5) is 0 Å². The molecule has 4 saturated carbocycles. The fourth-order valence-corrected chi connectivity index (χ4v) is 6.58. The van der Waals surface area contributed by atoms with Crippen molar-refractivity contribution in [1.82, 2.24) is 15.2 Å². The molecule has 1 aliphatic heterocycles. The van der Waals surface area contributed by atoms with Gasteiger partial charge in [0.1, 0.15) is 10.7 Å². The lowest BCUT2D eigenvalue weighted by atomic mass is 9.54. The van der Waals surface area contributed by atoms with Crippen molar-refractivity contribution in [2.75, 3.05) is 19.7 Å². The number of pyridine rings is 1. The average molecular weight is 434 g/mol. The Morgan fingerprint density at radius 1 is 1.22 bits per heavy atom. The van der Waals surface area contributed by atoms with E-state index in [1.807, 2.05) is 6.07 Å². The van der Waals surface area contributed by atoms with Gasteiger partial charge in [-0.05, 0) is 83.3 Å². The first-order chi connectivity index (χ1) is 13.2. The van der Waals surface area contributed by atoms with Gasteiger partial charge in [-0.3, -0.25) is 9.69 Å². The van der Waals surface area contributed by atoms with E-state index in [1.165, 1.54) is 32.1 Å². The van der Waals surface area contributed by atoms with Crippen molar-refractivity contribution in [3.8, 4) is 0 Å². The molecule has 6 heteroatoms. The summed E-state index contributed by atoms with van der Waals surface area (Å²) in [6.07, 6.45) is 8.17. The Labute approximate surface area is 169 Å². The SMILES string of the molecule is O=C(NC1C2CC3CC(C2)CC1C3)C1CN(Cc2cccnc2Br)CCO1. The van der Waals surface area contributed by atoms with Crippen molar-refractivity contribution in [1.29, 1.82) is 0 Å². The molecule has 4 bridgehead atoms. The second-order valence-electron chi connectivity index (χ2n) is 9.01. The first kappa shape index (κ1) is 18.1. The van der Waals surface area contributed by atoms with Crippen LogP contribution in [0.5, 0.6) is 0 Å². The Bertz CT molecular complexity index is 684. The number of nitrogens with one attached hydrogen (secondary N) is 1. The highest BCUT2D eigenvalue weighted by Gasteiger charge is 2.49. The number of morpholine rings is 1. The molecule has 5 nitrogen and oxygen atoms in total. The highest BCUT2D eigenvalue weighted by atomic mass is 79.9. The minimum atomic E-state index is -0.355. The first-order valence-corrected chi connectivity index (χ1v) is 11.2. The number of carbonyl (C=O) groups is 1. The second-order valence-corrected chi connectivity index (χ2v) is 9.76. The van der Waals surface area contributed by atoms with Gasteiger partial charge in [0, 0.05) is 31.9 Å². The van der Waals surface area contributed by atoms with Crippen LogP contribution in [0.25, 0.3) is 0 Å². The quantitative estimate of drug-likeness (QED) is 0.741. The minimum absolute atomic E-state index is 0.0995. The normalized spacial score (nSPS) is 38.1. The summed E-state index contributed by atoms with van der Waals surface area (Å²) >= 11 is 3.52. The molecule has 146 valence electrons. The molecule has 0 aromatic carbocycles. The Kier molecular flexibility index (Phi) is 4.99. The van der Waals surface area contributed by atoms with Gasteiger partial charge < -0.3 is 10.1 Å². The molecule has 5 fully saturated rings. The molecule has 4 aliphatic carbocycles. The Hall–Kier alpha value is -0.980. The van der Waals surface area contributed by atoms with Crippen molar-refractivity contribution >= 4 is 21.8 Å². The van der Waals surface area contributed by atoms with E-state index in [-0.39, 0.29) is 12.0 Å². The van der Waals surface area contributed by atoms with Gasteiger partial charge >= 0.3 is 0 Å². The zero-order valence-corrected chi connectivity index (χ0v) is 17.2. The van der Waals surface area contributed by atoms with Gasteiger partial charge in [0.05, 0.1) is 6.61 Å². The van der Waals surface area contributed by atoms with Crippen molar-refractivity contribution in [2.45, 2.75) is 50.8 Å². The highest BCUT2D eigenvalue weighted by Crippen LogP contribution is 2.53. The number of amides is 1. The minimum Gasteiger partial charge on any atom is -0.366 e. The topological polar surface area (TPSA) is 54.5 Å². The van der Waals surface area contributed by atoms with Crippen LogP contribution < -0.4 is 5.32 Å².